The van der Waals surface area contributed by atoms with E-state index >= 15 is 0 Å². The molecule has 0 aliphatic heterocycles. The summed E-state index contributed by atoms with van der Waals surface area (Å²) in [6.45, 7) is 2.16. The highest BCUT2D eigenvalue weighted by Crippen LogP contribution is 2.46. The average molecular weight is 302 g/mol. The van der Waals surface area contributed by atoms with Crippen LogP contribution < -0.4 is 0 Å². The quantitative estimate of drug-likeness (QED) is 0.579. The third-order valence-corrected chi connectivity index (χ3v) is 3.40. The summed E-state index contributed by atoms with van der Waals surface area (Å²) in [7, 11) is -3.96. The van der Waals surface area contributed by atoms with Crippen LogP contribution in [0.2, 0.25) is 0 Å². The van der Waals surface area contributed by atoms with Gasteiger partial charge in [-0.2, -0.15) is 26.3 Å². The lowest BCUT2D eigenvalue weighted by molar-refractivity contribution is -0.250. The SMILES string of the molecule is CC(C)(O[PH](=O)OC(C)(C)C(F)(F)F)C(F)(F)F. The van der Waals surface area contributed by atoms with Crippen molar-refractivity contribution in [2.75, 3.05) is 0 Å². The molecule has 0 radical (unpaired) electrons. The average Bonchev–Trinajstić information content (AvgIpc) is 1.95. The number of alkyl halides is 6. The number of rotatable bonds is 4. The normalized spacial score (nSPS) is 15.3. The monoisotopic (exact) mass is 302 g/mol. The zero-order valence-electron chi connectivity index (χ0n) is 9.99. The van der Waals surface area contributed by atoms with E-state index in [1.165, 1.54) is 0 Å². The molecular formula is C8H13F6O3P. The van der Waals surface area contributed by atoms with Crippen molar-refractivity contribution >= 4 is 8.25 Å². The van der Waals surface area contributed by atoms with Gasteiger partial charge in [0.2, 0.25) is 0 Å². The summed E-state index contributed by atoms with van der Waals surface area (Å²) in [5.74, 6) is 0. The minimum absolute atomic E-state index is 0.541. The molecule has 0 aromatic carbocycles. The third-order valence-electron chi connectivity index (χ3n) is 2.04. The maximum Gasteiger partial charge on any atom is 0.417 e. The highest BCUT2D eigenvalue weighted by Gasteiger charge is 2.53. The smallest absolute Gasteiger partial charge is 0.295 e. The fourth-order valence-corrected chi connectivity index (χ4v) is 1.66. The molecule has 0 aliphatic carbocycles. The Bertz CT molecular complexity index is 290. The van der Waals surface area contributed by atoms with Crippen LogP contribution in [0.3, 0.4) is 0 Å². The van der Waals surface area contributed by atoms with Gasteiger partial charge in [-0.05, 0) is 27.7 Å². The van der Waals surface area contributed by atoms with Crippen molar-refractivity contribution < 1.29 is 40.0 Å². The third kappa shape index (κ3) is 4.44. The molecule has 0 rings (SSSR count). The Labute approximate surface area is 100 Å². The lowest BCUT2D eigenvalue weighted by atomic mass is 10.1. The largest absolute Gasteiger partial charge is 0.417 e. The zero-order chi connectivity index (χ0) is 15.0. The Balaban J connectivity index is 4.75. The first-order valence-electron chi connectivity index (χ1n) is 4.65. The van der Waals surface area contributed by atoms with Gasteiger partial charge in [0.05, 0.1) is 0 Å². The van der Waals surface area contributed by atoms with Gasteiger partial charge in [0.15, 0.2) is 11.2 Å². The number of hydrogen-bond donors (Lipinski definition) is 0. The maximum absolute atomic E-state index is 12.3. The first-order valence-corrected chi connectivity index (χ1v) is 5.88. The fraction of sp³-hybridized carbons (Fsp3) is 1.00. The number of halogens is 6. The molecule has 0 unspecified atom stereocenters. The lowest BCUT2D eigenvalue weighted by Gasteiger charge is -2.31. The van der Waals surface area contributed by atoms with Crippen molar-refractivity contribution in [2.24, 2.45) is 0 Å². The van der Waals surface area contributed by atoms with Gasteiger partial charge in [-0.15, -0.1) is 0 Å². The van der Waals surface area contributed by atoms with Crippen molar-refractivity contribution in [1.29, 1.82) is 0 Å². The molecular weight excluding hydrogens is 289 g/mol. The zero-order valence-corrected chi connectivity index (χ0v) is 11.0. The van der Waals surface area contributed by atoms with E-state index in [9.17, 15) is 30.9 Å². The second-order valence-corrected chi connectivity index (χ2v) is 5.38. The van der Waals surface area contributed by atoms with Crippen LogP contribution in [0.5, 0.6) is 0 Å². The molecule has 0 bridgehead atoms. The van der Waals surface area contributed by atoms with E-state index in [-0.39, 0.29) is 0 Å². The maximum atomic E-state index is 12.3. The van der Waals surface area contributed by atoms with Crippen molar-refractivity contribution in [1.82, 2.24) is 0 Å². The van der Waals surface area contributed by atoms with Crippen LogP contribution >= 0.6 is 8.25 Å². The Morgan fingerprint density at radius 1 is 0.722 bits per heavy atom. The molecule has 0 saturated carbocycles. The molecule has 0 fully saturated rings. The molecule has 18 heavy (non-hydrogen) atoms. The Hall–Kier alpha value is -0.270. The molecule has 0 spiro atoms. The molecule has 0 N–H and O–H groups in total. The van der Waals surface area contributed by atoms with Crippen molar-refractivity contribution in [3.05, 3.63) is 0 Å². The Morgan fingerprint density at radius 3 is 1.11 bits per heavy atom. The molecule has 0 aromatic rings. The van der Waals surface area contributed by atoms with Gasteiger partial charge < -0.3 is 0 Å². The highest BCUT2D eigenvalue weighted by atomic mass is 31.1. The van der Waals surface area contributed by atoms with E-state index in [0.717, 1.165) is 0 Å². The second-order valence-electron chi connectivity index (χ2n) is 4.47. The summed E-state index contributed by atoms with van der Waals surface area (Å²) in [5, 5.41) is 0. The Morgan fingerprint density at radius 2 is 0.944 bits per heavy atom. The predicted molar refractivity (Wildman–Crippen MR) is 51.4 cm³/mol. The minimum atomic E-state index is -4.88. The van der Waals surface area contributed by atoms with Gasteiger partial charge in [0.25, 0.3) is 0 Å². The lowest BCUT2D eigenvalue weighted by Crippen LogP contribution is -2.42. The van der Waals surface area contributed by atoms with Gasteiger partial charge in [0.1, 0.15) is 0 Å². The first kappa shape index (κ1) is 17.7. The molecule has 110 valence electrons. The van der Waals surface area contributed by atoms with Crippen molar-refractivity contribution in [3.8, 4) is 0 Å². The fourth-order valence-electron chi connectivity index (χ4n) is 0.553. The molecule has 10 heteroatoms. The summed E-state index contributed by atoms with van der Waals surface area (Å²) < 4.78 is 93.2. The van der Waals surface area contributed by atoms with Gasteiger partial charge in [0, 0.05) is 0 Å². The van der Waals surface area contributed by atoms with Crippen LogP contribution in [0.4, 0.5) is 26.3 Å². The van der Waals surface area contributed by atoms with Gasteiger partial charge >= 0.3 is 20.6 Å². The van der Waals surface area contributed by atoms with Crippen molar-refractivity contribution in [3.63, 3.8) is 0 Å². The van der Waals surface area contributed by atoms with Gasteiger partial charge in [-0.1, -0.05) is 0 Å². The van der Waals surface area contributed by atoms with E-state index in [2.05, 4.69) is 9.05 Å². The molecule has 0 saturated heterocycles. The first-order chi connectivity index (χ1) is 7.60. The molecule has 3 nitrogen and oxygen atoms in total. The molecule has 0 amide bonds. The van der Waals surface area contributed by atoms with Gasteiger partial charge in [-0.25, -0.2) is 0 Å². The molecule has 0 aliphatic rings. The van der Waals surface area contributed by atoms with E-state index in [1.54, 1.807) is 0 Å². The van der Waals surface area contributed by atoms with Crippen LogP contribution in [0.15, 0.2) is 0 Å². The summed E-state index contributed by atoms with van der Waals surface area (Å²) in [5.41, 5.74) is -5.71. The summed E-state index contributed by atoms with van der Waals surface area (Å²) >= 11 is 0. The summed E-state index contributed by atoms with van der Waals surface area (Å²) in [6, 6.07) is 0. The second kappa shape index (κ2) is 5.02. The van der Waals surface area contributed by atoms with E-state index in [4.69, 9.17) is 0 Å². The predicted octanol–water partition coefficient (Wildman–Crippen LogP) is 4.09. The Kier molecular flexibility index (Phi) is 4.94. The van der Waals surface area contributed by atoms with Gasteiger partial charge in [-0.3, -0.25) is 13.6 Å². The summed E-state index contributed by atoms with van der Waals surface area (Å²) in [4.78, 5) is 0. The minimum Gasteiger partial charge on any atom is -0.295 e. The number of hydrogen-bond acceptors (Lipinski definition) is 3. The van der Waals surface area contributed by atoms with E-state index in [1.807, 2.05) is 0 Å². The van der Waals surface area contributed by atoms with Crippen LogP contribution in [-0.4, -0.2) is 23.6 Å². The van der Waals surface area contributed by atoms with E-state index in [0.29, 0.717) is 27.7 Å². The molecule has 0 heterocycles. The van der Waals surface area contributed by atoms with Crippen LogP contribution in [0.25, 0.3) is 0 Å². The van der Waals surface area contributed by atoms with Crippen LogP contribution in [-0.2, 0) is 13.6 Å². The standard InChI is InChI=1S/C8H13F6O3P/c1-5(2,7(9,10)11)16-18(15)17-6(3,4)8(12,13)14/h18H,1-4H3. The van der Waals surface area contributed by atoms with Crippen LogP contribution in [0.1, 0.15) is 27.7 Å². The van der Waals surface area contributed by atoms with E-state index < -0.39 is 31.8 Å². The van der Waals surface area contributed by atoms with Crippen LogP contribution in [0, 0.1) is 0 Å². The highest BCUT2D eigenvalue weighted by molar-refractivity contribution is 7.33. The topological polar surface area (TPSA) is 35.5 Å². The molecule has 0 atom stereocenters. The molecule has 0 aromatic heterocycles. The summed E-state index contributed by atoms with van der Waals surface area (Å²) in [6.07, 6.45) is -9.75. The van der Waals surface area contributed by atoms with Crippen molar-refractivity contribution in [2.45, 2.75) is 51.2 Å².